The van der Waals surface area contributed by atoms with Gasteiger partial charge in [0.05, 0.1) is 25.1 Å². The Morgan fingerprint density at radius 2 is 1.75 bits per heavy atom. The molecule has 40 heavy (non-hydrogen) atoms. The molecule has 1 aliphatic rings. The number of rotatable bonds is 9. The molecule has 1 atom stereocenters. The fourth-order valence-corrected chi connectivity index (χ4v) is 6.57. The van der Waals surface area contributed by atoms with Crippen LogP contribution < -0.4 is 16.0 Å². The number of thiophene rings is 1. The average Bonchev–Trinajstić information content (AvgIpc) is 3.27. The highest BCUT2D eigenvalue weighted by Gasteiger charge is 2.39. The molecule has 1 aromatic carbocycles. The minimum absolute atomic E-state index is 0.0266. The molecule has 2 aromatic heterocycles. The molecule has 1 N–H and O–H groups in total. The minimum atomic E-state index is -1.50. The largest absolute Gasteiger partial charge is 0.496 e. The number of hydrogen-bond donors (Lipinski definition) is 1. The van der Waals surface area contributed by atoms with Gasteiger partial charge in [-0.3, -0.25) is 14.2 Å². The molecule has 216 valence electrons. The number of piperidine rings is 1. The Morgan fingerprint density at radius 1 is 1.10 bits per heavy atom. The van der Waals surface area contributed by atoms with E-state index >= 15 is 0 Å². The summed E-state index contributed by atoms with van der Waals surface area (Å²) in [5.41, 5.74) is -1.91. The van der Waals surface area contributed by atoms with E-state index in [4.69, 9.17) is 9.47 Å². The first-order chi connectivity index (χ1) is 18.9. The molecule has 0 spiro atoms. The Bertz CT molecular complexity index is 1540. The second-order valence-corrected chi connectivity index (χ2v) is 11.9. The molecule has 10 nitrogen and oxygen atoms in total. The monoisotopic (exact) mass is 571 g/mol. The molecule has 1 saturated heterocycles. The van der Waals surface area contributed by atoms with Gasteiger partial charge < -0.3 is 19.5 Å². The van der Waals surface area contributed by atoms with Crippen molar-refractivity contribution in [1.82, 2.24) is 14.0 Å². The maximum absolute atomic E-state index is 14.3. The second-order valence-electron chi connectivity index (χ2n) is 10.9. The molecule has 1 fully saturated rings. The van der Waals surface area contributed by atoms with E-state index in [9.17, 15) is 24.3 Å². The van der Waals surface area contributed by atoms with E-state index in [1.807, 2.05) is 32.0 Å². The fourth-order valence-electron chi connectivity index (χ4n) is 5.43. The van der Waals surface area contributed by atoms with Gasteiger partial charge in [0, 0.05) is 18.7 Å². The molecule has 3 heterocycles. The van der Waals surface area contributed by atoms with Gasteiger partial charge >= 0.3 is 11.7 Å². The first-order valence-electron chi connectivity index (χ1n) is 13.5. The third kappa shape index (κ3) is 5.32. The maximum atomic E-state index is 14.3. The zero-order valence-electron chi connectivity index (χ0n) is 23.9. The number of para-hydroxylation sites is 1. The number of likely N-dealkylation sites (tertiary alicyclic amines) is 1. The zero-order chi connectivity index (χ0) is 29.4. The second kappa shape index (κ2) is 11.6. The van der Waals surface area contributed by atoms with Gasteiger partial charge in [0.1, 0.15) is 27.1 Å². The van der Waals surface area contributed by atoms with Crippen molar-refractivity contribution in [1.29, 1.82) is 0 Å². The molecule has 0 aliphatic carbocycles. The van der Waals surface area contributed by atoms with Gasteiger partial charge in [-0.15, -0.1) is 11.3 Å². The van der Waals surface area contributed by atoms with Gasteiger partial charge in [-0.1, -0.05) is 18.2 Å². The summed E-state index contributed by atoms with van der Waals surface area (Å²) in [6.45, 7) is 9.56. The van der Waals surface area contributed by atoms with Crippen LogP contribution in [0.1, 0.15) is 73.9 Å². The topological polar surface area (TPSA) is 120 Å². The van der Waals surface area contributed by atoms with Crippen molar-refractivity contribution >= 4 is 33.4 Å². The maximum Gasteiger partial charge on any atom is 0.346 e. The van der Waals surface area contributed by atoms with Gasteiger partial charge in [0.2, 0.25) is 5.91 Å². The van der Waals surface area contributed by atoms with E-state index in [1.54, 1.807) is 38.8 Å². The van der Waals surface area contributed by atoms with Crippen molar-refractivity contribution in [3.05, 3.63) is 61.1 Å². The lowest BCUT2D eigenvalue weighted by molar-refractivity contribution is -0.140. The molecule has 1 unspecified atom stereocenters. The summed E-state index contributed by atoms with van der Waals surface area (Å²) < 4.78 is 14.2. The summed E-state index contributed by atoms with van der Waals surface area (Å²) in [4.78, 5) is 55.9. The lowest BCUT2D eigenvalue weighted by Crippen LogP contribution is -2.57. The number of aryl methyl sites for hydroxylation is 1. The smallest absolute Gasteiger partial charge is 0.346 e. The van der Waals surface area contributed by atoms with Crippen LogP contribution in [-0.4, -0.2) is 57.3 Å². The Morgan fingerprint density at radius 3 is 2.35 bits per heavy atom. The Kier molecular flexibility index (Phi) is 8.55. The van der Waals surface area contributed by atoms with Crippen molar-refractivity contribution in [2.45, 2.75) is 78.2 Å². The molecule has 0 radical (unpaired) electrons. The molecular weight excluding hydrogens is 534 g/mol. The van der Waals surface area contributed by atoms with Crippen LogP contribution in [0.3, 0.4) is 0 Å². The van der Waals surface area contributed by atoms with Crippen molar-refractivity contribution < 1.29 is 24.2 Å². The van der Waals surface area contributed by atoms with Crippen LogP contribution in [0.2, 0.25) is 0 Å². The number of aromatic nitrogens is 2. The van der Waals surface area contributed by atoms with Gasteiger partial charge in [-0.2, -0.15) is 0 Å². The number of carboxylic acid groups (broad SMARTS) is 1. The summed E-state index contributed by atoms with van der Waals surface area (Å²) in [6, 6.07) is 7.31. The number of carboxylic acids is 1. The Hall–Kier alpha value is -3.44. The Labute approximate surface area is 236 Å². The number of amides is 1. The lowest BCUT2D eigenvalue weighted by Gasteiger charge is -2.35. The summed E-state index contributed by atoms with van der Waals surface area (Å²) in [5.74, 6) is -0.935. The van der Waals surface area contributed by atoms with Crippen LogP contribution in [0.25, 0.3) is 10.2 Å². The van der Waals surface area contributed by atoms with E-state index in [0.29, 0.717) is 24.4 Å². The number of aromatic carboxylic acids is 1. The highest BCUT2D eigenvalue weighted by molar-refractivity contribution is 7.20. The predicted molar refractivity (Wildman–Crippen MR) is 154 cm³/mol. The highest BCUT2D eigenvalue weighted by Crippen LogP contribution is 2.33. The summed E-state index contributed by atoms with van der Waals surface area (Å²) >= 11 is 0.877. The average molecular weight is 572 g/mol. The molecule has 1 amide bonds. The van der Waals surface area contributed by atoms with E-state index in [1.165, 1.54) is 4.57 Å². The number of nitrogens with zero attached hydrogens (tertiary/aromatic N) is 3. The van der Waals surface area contributed by atoms with Crippen LogP contribution in [0.5, 0.6) is 5.75 Å². The quantitative estimate of drug-likeness (QED) is 0.410. The zero-order valence-corrected chi connectivity index (χ0v) is 24.7. The number of carbonyl (C=O) groups excluding carboxylic acids is 1. The third-order valence-electron chi connectivity index (χ3n) is 7.40. The molecule has 11 heteroatoms. The first kappa shape index (κ1) is 29.5. The normalized spacial score (nSPS) is 15.0. The van der Waals surface area contributed by atoms with Crippen LogP contribution in [-0.2, 0) is 21.6 Å². The summed E-state index contributed by atoms with van der Waals surface area (Å²) in [5, 5.41) is 9.98. The highest BCUT2D eigenvalue weighted by atomic mass is 32.1. The van der Waals surface area contributed by atoms with Crippen molar-refractivity contribution in [2.75, 3.05) is 20.2 Å². The molecule has 1 aliphatic heterocycles. The summed E-state index contributed by atoms with van der Waals surface area (Å²) in [7, 11) is 1.55. The number of fused-ring (bicyclic) bond motifs is 1. The van der Waals surface area contributed by atoms with E-state index < -0.39 is 28.9 Å². The van der Waals surface area contributed by atoms with Gasteiger partial charge in [0.15, 0.2) is 0 Å². The van der Waals surface area contributed by atoms with Crippen LogP contribution in [0.4, 0.5) is 0 Å². The first-order valence-corrected chi connectivity index (χ1v) is 14.3. The molecular formula is C29H37N3O7S. The van der Waals surface area contributed by atoms with Crippen LogP contribution in [0, 0.1) is 6.92 Å². The van der Waals surface area contributed by atoms with Crippen molar-refractivity contribution in [3.8, 4) is 5.75 Å². The third-order valence-corrected chi connectivity index (χ3v) is 8.71. The predicted octanol–water partition coefficient (Wildman–Crippen LogP) is 4.15. The molecule has 0 saturated carbocycles. The SMILES string of the molecule is COc1ccccc1C(Cn1c(=O)n(C(C)(C)C(=O)N2CCCCC2)c(=O)c2c(C)c(C(=O)O)sc21)OC(C)C. The van der Waals surface area contributed by atoms with Crippen LogP contribution >= 0.6 is 11.3 Å². The number of benzene rings is 1. The van der Waals surface area contributed by atoms with Gasteiger partial charge in [-0.25, -0.2) is 14.2 Å². The minimum Gasteiger partial charge on any atom is -0.496 e. The van der Waals surface area contributed by atoms with Crippen molar-refractivity contribution in [2.24, 2.45) is 0 Å². The number of carbonyl (C=O) groups is 2. The summed E-state index contributed by atoms with van der Waals surface area (Å²) in [6.07, 6.45) is 1.86. The molecule has 4 rings (SSSR count). The molecule has 3 aromatic rings. The molecule has 0 bridgehead atoms. The fraction of sp³-hybridized carbons (Fsp3) is 0.517. The van der Waals surface area contributed by atoms with Gasteiger partial charge in [0.25, 0.3) is 5.56 Å². The van der Waals surface area contributed by atoms with Crippen molar-refractivity contribution in [3.63, 3.8) is 0 Å². The van der Waals surface area contributed by atoms with E-state index in [2.05, 4.69) is 0 Å². The van der Waals surface area contributed by atoms with E-state index in [-0.39, 0.29) is 39.2 Å². The lowest BCUT2D eigenvalue weighted by atomic mass is 10.00. The standard InChI is InChI=1S/C29H37N3O7S/c1-17(2)39-21(19-12-8-9-13-20(19)38-6)16-31-25-22(18(3)23(40-25)26(34)35)24(33)32(28(31)37)29(4,5)27(36)30-14-10-7-11-15-30/h8-9,12-13,17,21H,7,10-11,14-16H2,1-6H3,(H,34,35). The number of methoxy groups -OCH3 is 1. The van der Waals surface area contributed by atoms with Crippen LogP contribution in [0.15, 0.2) is 33.9 Å². The Balaban J connectivity index is 1.99. The van der Waals surface area contributed by atoms with E-state index in [0.717, 1.165) is 35.2 Å². The van der Waals surface area contributed by atoms with Gasteiger partial charge in [-0.05, 0) is 65.5 Å². The number of ether oxygens (including phenoxy) is 2. The number of hydrogen-bond acceptors (Lipinski definition) is 7.